The van der Waals surface area contributed by atoms with Crippen LogP contribution in [0.5, 0.6) is 11.5 Å². The minimum absolute atomic E-state index is 0. The number of nitrogens with zero attached hydrogens (tertiary/aromatic N) is 4. The van der Waals surface area contributed by atoms with Crippen molar-refractivity contribution < 1.29 is 30.2 Å². The van der Waals surface area contributed by atoms with Gasteiger partial charge in [0.2, 0.25) is 0 Å². The summed E-state index contributed by atoms with van der Waals surface area (Å²) in [6.45, 7) is 22.4. The van der Waals surface area contributed by atoms with Crippen LogP contribution in [-0.2, 0) is 37.3 Å². The van der Waals surface area contributed by atoms with Gasteiger partial charge in [0.25, 0.3) is 0 Å². The third-order valence-electron chi connectivity index (χ3n) is 11.5. The Hall–Kier alpha value is -5.71. The molecule has 1 aliphatic rings. The summed E-state index contributed by atoms with van der Waals surface area (Å²) in [5, 5.41) is 1.85. The van der Waals surface area contributed by atoms with E-state index in [0.717, 1.165) is 61.5 Å². The van der Waals surface area contributed by atoms with Crippen molar-refractivity contribution in [2.24, 2.45) is 0 Å². The quantitative estimate of drug-likeness (QED) is 0.156. The molecule has 0 bridgehead atoms. The van der Waals surface area contributed by atoms with Crippen LogP contribution in [0.3, 0.4) is 0 Å². The van der Waals surface area contributed by atoms with Gasteiger partial charge in [0.1, 0.15) is 11.6 Å². The van der Waals surface area contributed by atoms with Gasteiger partial charge < -0.3 is 19.1 Å². The molecule has 0 fully saturated rings. The van der Waals surface area contributed by atoms with Crippen molar-refractivity contribution in [1.82, 2.24) is 9.55 Å². The van der Waals surface area contributed by atoms with Gasteiger partial charge in [0, 0.05) is 66.9 Å². The summed E-state index contributed by atoms with van der Waals surface area (Å²) in [4.78, 5) is 9.32. The van der Waals surface area contributed by atoms with E-state index in [1.165, 1.54) is 17.2 Å². The van der Waals surface area contributed by atoms with Crippen LogP contribution < -0.4 is 14.5 Å². The maximum atomic E-state index is 15.4. The van der Waals surface area contributed by atoms with E-state index in [2.05, 4.69) is 162 Å². The topological polar surface area (TPSA) is 33.5 Å². The fraction of sp³-hybridized carbons (Fsp3) is 0.222. The predicted octanol–water partition coefficient (Wildman–Crippen LogP) is 14.7. The van der Waals surface area contributed by atoms with E-state index in [-0.39, 0.29) is 43.1 Å². The SMILES string of the molecule is CC(C)(C)c1cc(N2[CH-]N(c3[c-]c(Oc4[c-]c5c(cc4)c4c(-c6ccccc6F)cccc4n5-c4cc(C(C)(C)C)ccn4)ccc3)c3ccccc32)cc(C(C)(C)C)c1.[Pt]. The molecule has 312 valence electrons. The number of pyridine rings is 1. The first-order chi connectivity index (χ1) is 28.5. The molecule has 0 unspecified atom stereocenters. The van der Waals surface area contributed by atoms with E-state index >= 15 is 4.39 Å². The molecule has 0 atom stereocenters. The molecular formula is C54H50FN4OPt-3. The van der Waals surface area contributed by atoms with E-state index < -0.39 is 0 Å². The Morgan fingerprint density at radius 3 is 1.90 bits per heavy atom. The molecule has 0 aliphatic carbocycles. The second kappa shape index (κ2) is 15.6. The molecule has 3 heterocycles. The van der Waals surface area contributed by atoms with Crippen molar-refractivity contribution in [2.45, 2.75) is 78.6 Å². The van der Waals surface area contributed by atoms with Crippen molar-refractivity contribution >= 4 is 44.6 Å². The molecule has 2 aromatic heterocycles. The second-order valence-corrected chi connectivity index (χ2v) is 18.9. The van der Waals surface area contributed by atoms with Gasteiger partial charge in [-0.25, -0.2) is 9.37 Å². The zero-order valence-electron chi connectivity index (χ0n) is 36.2. The largest absolute Gasteiger partial charge is 0.509 e. The van der Waals surface area contributed by atoms with E-state index in [0.29, 0.717) is 17.1 Å². The van der Waals surface area contributed by atoms with Crippen molar-refractivity contribution in [3.63, 3.8) is 0 Å². The van der Waals surface area contributed by atoms with E-state index in [1.807, 2.05) is 54.7 Å². The third-order valence-corrected chi connectivity index (χ3v) is 11.5. The zero-order valence-corrected chi connectivity index (χ0v) is 38.4. The first-order valence-electron chi connectivity index (χ1n) is 20.6. The van der Waals surface area contributed by atoms with Crippen LogP contribution in [0.4, 0.5) is 27.1 Å². The summed E-state index contributed by atoms with van der Waals surface area (Å²) in [5.74, 6) is 1.57. The van der Waals surface area contributed by atoms with Crippen LogP contribution in [0.15, 0.2) is 134 Å². The Kier molecular flexibility index (Phi) is 10.8. The molecule has 61 heavy (non-hydrogen) atoms. The molecule has 7 heteroatoms. The van der Waals surface area contributed by atoms with E-state index in [9.17, 15) is 0 Å². The number of anilines is 4. The summed E-state index contributed by atoms with van der Waals surface area (Å²) in [5.41, 5.74) is 10.8. The summed E-state index contributed by atoms with van der Waals surface area (Å²) >= 11 is 0. The van der Waals surface area contributed by atoms with Crippen molar-refractivity contribution in [1.29, 1.82) is 0 Å². The van der Waals surface area contributed by atoms with Crippen molar-refractivity contribution in [2.75, 3.05) is 9.80 Å². The number of rotatable bonds is 6. The fourth-order valence-corrected chi connectivity index (χ4v) is 8.06. The molecule has 6 aromatic carbocycles. The normalized spacial score (nSPS) is 13.1. The summed E-state index contributed by atoms with van der Waals surface area (Å²) in [7, 11) is 0. The predicted molar refractivity (Wildman–Crippen MR) is 246 cm³/mol. The first-order valence-corrected chi connectivity index (χ1v) is 20.6. The average molecular weight is 985 g/mol. The van der Waals surface area contributed by atoms with Crippen LogP contribution >= 0.6 is 0 Å². The third kappa shape index (κ3) is 7.87. The summed E-state index contributed by atoms with van der Waals surface area (Å²) in [6.07, 6.45) is 1.86. The summed E-state index contributed by atoms with van der Waals surface area (Å²) in [6, 6.07) is 49.7. The standard InChI is InChI=1S/C54H50FN4O.Pt/c1-52(2,3)35-26-27-56-50(31-35)59-48-23-15-19-43(42-18-10-11-20-45(42)55)51(48)44-25-24-41(33-49(44)59)60-40-17-14-16-38(32-40)57-34-58(47-22-13-12-21-46(47)57)39-29-36(53(4,5)6)28-37(30-39)54(7,8)9;/h10-31,34H,1-9H3;/q-3;. The Bertz CT molecular complexity index is 2900. The van der Waals surface area contributed by atoms with Crippen LogP contribution in [0.25, 0.3) is 38.8 Å². The van der Waals surface area contributed by atoms with Gasteiger partial charge in [-0.3, -0.25) is 0 Å². The van der Waals surface area contributed by atoms with E-state index in [4.69, 9.17) is 9.72 Å². The number of fused-ring (bicyclic) bond motifs is 4. The van der Waals surface area contributed by atoms with Gasteiger partial charge in [-0.15, -0.1) is 48.1 Å². The van der Waals surface area contributed by atoms with Gasteiger partial charge in [0.05, 0.1) is 0 Å². The van der Waals surface area contributed by atoms with Gasteiger partial charge in [-0.1, -0.05) is 116 Å². The number of ether oxygens (including phenoxy) is 1. The van der Waals surface area contributed by atoms with Crippen LogP contribution in [0, 0.1) is 24.6 Å². The molecule has 0 N–H and O–H groups in total. The number of benzene rings is 6. The first kappa shape index (κ1) is 42.0. The van der Waals surface area contributed by atoms with Crippen LogP contribution in [0.2, 0.25) is 0 Å². The minimum Gasteiger partial charge on any atom is -0.509 e. The number of halogens is 1. The van der Waals surface area contributed by atoms with Gasteiger partial charge in [0.15, 0.2) is 0 Å². The van der Waals surface area contributed by atoms with Crippen LogP contribution in [0.1, 0.15) is 79.0 Å². The Balaban J connectivity index is 0.00000514. The van der Waals surface area contributed by atoms with Crippen molar-refractivity contribution in [3.05, 3.63) is 175 Å². The smallest absolute Gasteiger partial charge is 0.135 e. The zero-order chi connectivity index (χ0) is 42.1. The van der Waals surface area contributed by atoms with Gasteiger partial charge in [-0.2, -0.15) is 12.1 Å². The molecule has 0 spiro atoms. The number of aromatic nitrogens is 2. The number of hydrogen-bond donors (Lipinski definition) is 0. The maximum Gasteiger partial charge on any atom is 0.135 e. The Morgan fingerprint density at radius 2 is 1.21 bits per heavy atom. The molecule has 1 aliphatic heterocycles. The fourth-order valence-electron chi connectivity index (χ4n) is 8.06. The summed E-state index contributed by atoms with van der Waals surface area (Å²) < 4.78 is 24.2. The van der Waals surface area contributed by atoms with Crippen molar-refractivity contribution in [3.8, 4) is 28.4 Å². The maximum absolute atomic E-state index is 15.4. The second-order valence-electron chi connectivity index (χ2n) is 18.9. The molecule has 9 rings (SSSR count). The Labute approximate surface area is 374 Å². The molecule has 8 aromatic rings. The number of hydrogen-bond acceptors (Lipinski definition) is 4. The minimum atomic E-state index is -0.271. The van der Waals surface area contributed by atoms with Gasteiger partial charge >= 0.3 is 0 Å². The molecular weight excluding hydrogens is 935 g/mol. The number of para-hydroxylation sites is 2. The molecule has 0 saturated heterocycles. The van der Waals surface area contributed by atoms with Crippen LogP contribution in [-0.4, -0.2) is 9.55 Å². The van der Waals surface area contributed by atoms with Gasteiger partial charge in [-0.05, 0) is 92.4 Å². The monoisotopic (exact) mass is 984 g/mol. The molecule has 0 amide bonds. The average Bonchev–Trinajstić information content (AvgIpc) is 3.76. The van der Waals surface area contributed by atoms with E-state index in [1.54, 1.807) is 6.07 Å². The molecule has 0 saturated carbocycles. The Morgan fingerprint density at radius 1 is 0.590 bits per heavy atom. The molecule has 0 radical (unpaired) electrons. The molecule has 5 nitrogen and oxygen atoms in total.